The minimum absolute atomic E-state index is 0.302. The van der Waals surface area contributed by atoms with Crippen LogP contribution in [0.25, 0.3) is 22.0 Å². The monoisotopic (exact) mass is 454 g/mol. The molecule has 0 saturated carbocycles. The fraction of sp³-hybridized carbons (Fsp3) is 0.267. The number of aryl methyl sites for hydroxylation is 1. The van der Waals surface area contributed by atoms with Crippen molar-refractivity contribution in [1.82, 2.24) is 0 Å². The van der Waals surface area contributed by atoms with Crippen molar-refractivity contribution >= 4 is 16.9 Å². The van der Waals surface area contributed by atoms with Crippen molar-refractivity contribution in [1.29, 1.82) is 0 Å². The molecule has 0 saturated heterocycles. The number of aromatic nitrogens is 1. The first kappa shape index (κ1) is 23.7. The molecule has 4 heteroatoms. The van der Waals surface area contributed by atoms with Crippen molar-refractivity contribution in [3.05, 3.63) is 102 Å². The smallest absolute Gasteiger partial charge is 0.335 e. The number of para-hydroxylation sites is 1. The number of hydrogen-bond acceptors (Lipinski definition) is 3. The Hall–Kier alpha value is -3.50. The standard InChI is InChI=1S/C30H32NO3/c1-21(2)18-28(30(32)33-4)34-29(23-10-6-5-7-11-23)24-16-14-22(15-17-24)26-19-25-12-8-9-13-27(25)31(3)20-26/h5-17,19-21,28-29H,18H2,1-4H3/q+1/t28-,29+/m0/s1. The molecule has 0 aliphatic rings. The summed E-state index contributed by atoms with van der Waals surface area (Å²) in [6.45, 7) is 4.16. The number of fused-ring (bicyclic) bond motifs is 1. The average Bonchev–Trinajstić information content (AvgIpc) is 2.86. The van der Waals surface area contributed by atoms with Crippen LogP contribution in [0.5, 0.6) is 0 Å². The maximum Gasteiger partial charge on any atom is 0.335 e. The molecule has 0 fully saturated rings. The lowest BCUT2D eigenvalue weighted by Crippen LogP contribution is -2.29. The van der Waals surface area contributed by atoms with Crippen molar-refractivity contribution in [3.63, 3.8) is 0 Å². The summed E-state index contributed by atoms with van der Waals surface area (Å²) in [6.07, 6.45) is 1.75. The molecule has 0 aliphatic heterocycles. The lowest BCUT2D eigenvalue weighted by atomic mass is 9.97. The van der Waals surface area contributed by atoms with E-state index >= 15 is 0 Å². The van der Waals surface area contributed by atoms with Crippen LogP contribution in [-0.2, 0) is 21.3 Å². The highest BCUT2D eigenvalue weighted by Crippen LogP contribution is 2.31. The zero-order valence-electron chi connectivity index (χ0n) is 20.3. The number of methoxy groups -OCH3 is 1. The summed E-state index contributed by atoms with van der Waals surface area (Å²) in [6, 6.07) is 29.0. The summed E-state index contributed by atoms with van der Waals surface area (Å²) in [7, 11) is 3.48. The minimum atomic E-state index is -0.630. The Balaban J connectivity index is 1.68. The van der Waals surface area contributed by atoms with Crippen molar-refractivity contribution < 1.29 is 18.8 Å². The topological polar surface area (TPSA) is 39.4 Å². The molecule has 174 valence electrons. The van der Waals surface area contributed by atoms with E-state index in [1.165, 1.54) is 18.0 Å². The van der Waals surface area contributed by atoms with E-state index in [0.29, 0.717) is 12.3 Å². The van der Waals surface area contributed by atoms with Crippen LogP contribution in [0.3, 0.4) is 0 Å². The molecule has 0 aliphatic carbocycles. The third kappa shape index (κ3) is 5.35. The fourth-order valence-corrected chi connectivity index (χ4v) is 4.33. The summed E-state index contributed by atoms with van der Waals surface area (Å²) >= 11 is 0. The van der Waals surface area contributed by atoms with Gasteiger partial charge in [-0.05, 0) is 41.2 Å². The summed E-state index contributed by atoms with van der Waals surface area (Å²) in [5.74, 6) is -0.0357. The van der Waals surface area contributed by atoms with Gasteiger partial charge < -0.3 is 9.47 Å². The first-order valence-electron chi connectivity index (χ1n) is 11.7. The van der Waals surface area contributed by atoms with Gasteiger partial charge in [-0.3, -0.25) is 0 Å². The van der Waals surface area contributed by atoms with E-state index in [0.717, 1.165) is 22.3 Å². The Morgan fingerprint density at radius 1 is 0.853 bits per heavy atom. The first-order chi connectivity index (χ1) is 16.5. The molecule has 3 aromatic carbocycles. The lowest BCUT2D eigenvalue weighted by Gasteiger charge is -2.25. The largest absolute Gasteiger partial charge is 0.467 e. The number of hydrogen-bond donors (Lipinski definition) is 0. The van der Waals surface area contributed by atoms with Crippen LogP contribution in [0.4, 0.5) is 0 Å². The molecule has 2 atom stereocenters. The van der Waals surface area contributed by atoms with Crippen molar-refractivity contribution in [2.45, 2.75) is 32.5 Å². The summed E-state index contributed by atoms with van der Waals surface area (Å²) in [5, 5.41) is 1.20. The quantitative estimate of drug-likeness (QED) is 0.241. The van der Waals surface area contributed by atoms with Crippen molar-refractivity contribution in [2.75, 3.05) is 7.11 Å². The Labute approximate surface area is 201 Å². The Kier molecular flexibility index (Phi) is 7.39. The molecule has 1 aromatic heterocycles. The molecule has 0 N–H and O–H groups in total. The number of benzene rings is 3. The van der Waals surface area contributed by atoms with E-state index in [2.05, 4.69) is 86.3 Å². The van der Waals surface area contributed by atoms with E-state index in [9.17, 15) is 4.79 Å². The van der Waals surface area contributed by atoms with E-state index < -0.39 is 6.10 Å². The second-order valence-corrected chi connectivity index (χ2v) is 9.09. The Morgan fingerprint density at radius 3 is 2.18 bits per heavy atom. The van der Waals surface area contributed by atoms with Gasteiger partial charge in [-0.25, -0.2) is 9.36 Å². The zero-order chi connectivity index (χ0) is 24.1. The Morgan fingerprint density at radius 2 is 1.50 bits per heavy atom. The molecule has 0 amide bonds. The van der Waals surface area contributed by atoms with Gasteiger partial charge in [0.2, 0.25) is 5.52 Å². The van der Waals surface area contributed by atoms with Crippen LogP contribution >= 0.6 is 0 Å². The van der Waals surface area contributed by atoms with Gasteiger partial charge in [0.05, 0.1) is 7.11 Å². The predicted molar refractivity (Wildman–Crippen MR) is 135 cm³/mol. The number of rotatable bonds is 8. The number of pyridine rings is 1. The average molecular weight is 455 g/mol. The van der Waals surface area contributed by atoms with Gasteiger partial charge in [0.25, 0.3) is 0 Å². The maximum atomic E-state index is 12.5. The second-order valence-electron chi connectivity index (χ2n) is 9.09. The molecule has 0 radical (unpaired) electrons. The van der Waals surface area contributed by atoms with Gasteiger partial charge in [-0.15, -0.1) is 0 Å². The molecule has 4 aromatic rings. The highest BCUT2D eigenvalue weighted by Gasteiger charge is 2.27. The van der Waals surface area contributed by atoms with Crippen LogP contribution in [0, 0.1) is 5.92 Å². The van der Waals surface area contributed by atoms with Crippen LogP contribution in [0.2, 0.25) is 0 Å². The number of carbonyl (C=O) groups excluding carboxylic acids is 1. The van der Waals surface area contributed by atoms with E-state index in [4.69, 9.17) is 9.47 Å². The first-order valence-corrected chi connectivity index (χ1v) is 11.7. The third-order valence-corrected chi connectivity index (χ3v) is 6.06. The fourth-order valence-electron chi connectivity index (χ4n) is 4.33. The molecule has 0 unspecified atom stereocenters. The summed E-state index contributed by atoms with van der Waals surface area (Å²) in [4.78, 5) is 12.5. The Bertz CT molecular complexity index is 1250. The predicted octanol–water partition coefficient (Wildman–Crippen LogP) is 6.03. The van der Waals surface area contributed by atoms with Crippen LogP contribution in [0.15, 0.2) is 91.1 Å². The molecule has 0 bridgehead atoms. The van der Waals surface area contributed by atoms with Gasteiger partial charge in [0.15, 0.2) is 12.3 Å². The molecule has 34 heavy (non-hydrogen) atoms. The SMILES string of the molecule is COC(=O)[C@H](CC(C)C)O[C@H](c1ccccc1)c1ccc(-c2cc3ccccc3[n+](C)c2)cc1. The van der Waals surface area contributed by atoms with Gasteiger partial charge >= 0.3 is 5.97 Å². The molecule has 1 heterocycles. The molecule has 4 rings (SSSR count). The highest BCUT2D eigenvalue weighted by molar-refractivity contribution is 5.80. The van der Waals surface area contributed by atoms with Crippen molar-refractivity contribution in [2.24, 2.45) is 13.0 Å². The summed E-state index contributed by atoms with van der Waals surface area (Å²) < 4.78 is 13.6. The van der Waals surface area contributed by atoms with Crippen LogP contribution < -0.4 is 4.57 Å². The number of esters is 1. The van der Waals surface area contributed by atoms with Crippen LogP contribution in [-0.4, -0.2) is 19.2 Å². The number of ether oxygens (including phenoxy) is 2. The maximum absolute atomic E-state index is 12.5. The minimum Gasteiger partial charge on any atom is -0.467 e. The summed E-state index contributed by atoms with van der Waals surface area (Å²) in [5.41, 5.74) is 5.47. The van der Waals surface area contributed by atoms with Crippen molar-refractivity contribution in [3.8, 4) is 11.1 Å². The number of carbonyl (C=O) groups is 1. The van der Waals surface area contributed by atoms with Gasteiger partial charge in [-0.2, -0.15) is 0 Å². The highest BCUT2D eigenvalue weighted by atomic mass is 16.6. The van der Waals surface area contributed by atoms with Gasteiger partial charge in [0.1, 0.15) is 13.2 Å². The molecule has 0 spiro atoms. The van der Waals surface area contributed by atoms with Crippen LogP contribution in [0.1, 0.15) is 37.5 Å². The lowest BCUT2D eigenvalue weighted by molar-refractivity contribution is -0.644. The van der Waals surface area contributed by atoms with E-state index in [-0.39, 0.29) is 12.1 Å². The molecule has 4 nitrogen and oxygen atoms in total. The van der Waals surface area contributed by atoms with E-state index in [1.807, 2.05) is 30.3 Å². The van der Waals surface area contributed by atoms with Gasteiger partial charge in [-0.1, -0.05) is 80.6 Å². The number of nitrogens with zero attached hydrogens (tertiary/aromatic N) is 1. The van der Waals surface area contributed by atoms with Gasteiger partial charge in [0, 0.05) is 17.0 Å². The second kappa shape index (κ2) is 10.6. The zero-order valence-corrected chi connectivity index (χ0v) is 20.3. The normalized spacial score (nSPS) is 13.1. The molecular formula is C30H32NO3+. The molecular weight excluding hydrogens is 422 g/mol. The van der Waals surface area contributed by atoms with E-state index in [1.54, 1.807) is 0 Å². The third-order valence-electron chi connectivity index (χ3n) is 6.06.